The molecule has 1 atom stereocenters. The van der Waals surface area contributed by atoms with Gasteiger partial charge in [0.2, 0.25) is 5.91 Å². The SMILES string of the molecule is CC(=O)N(C)[C@@H](C)C1(O)CC=CC1. The second kappa shape index (κ2) is 3.50. The van der Waals surface area contributed by atoms with Gasteiger partial charge in [-0.15, -0.1) is 0 Å². The molecule has 0 aromatic carbocycles. The molecule has 3 nitrogen and oxygen atoms in total. The molecule has 1 aliphatic carbocycles. The molecule has 13 heavy (non-hydrogen) atoms. The zero-order valence-corrected chi connectivity index (χ0v) is 8.45. The fourth-order valence-electron chi connectivity index (χ4n) is 1.63. The highest BCUT2D eigenvalue weighted by atomic mass is 16.3. The minimum absolute atomic E-state index is 0.00664. The zero-order chi connectivity index (χ0) is 10.1. The van der Waals surface area contributed by atoms with Gasteiger partial charge >= 0.3 is 0 Å². The van der Waals surface area contributed by atoms with Crippen LogP contribution in [0.1, 0.15) is 26.7 Å². The third-order valence-corrected chi connectivity index (χ3v) is 2.96. The molecule has 74 valence electrons. The van der Waals surface area contributed by atoms with E-state index in [2.05, 4.69) is 0 Å². The van der Waals surface area contributed by atoms with E-state index in [1.807, 2.05) is 19.1 Å². The molecule has 3 heteroatoms. The first-order valence-corrected chi connectivity index (χ1v) is 4.58. The summed E-state index contributed by atoms with van der Waals surface area (Å²) in [7, 11) is 1.73. The first-order valence-electron chi connectivity index (χ1n) is 4.58. The smallest absolute Gasteiger partial charge is 0.219 e. The Hall–Kier alpha value is -0.830. The third kappa shape index (κ3) is 1.91. The number of hydrogen-bond donors (Lipinski definition) is 1. The van der Waals surface area contributed by atoms with Gasteiger partial charge in [0, 0.05) is 14.0 Å². The quantitative estimate of drug-likeness (QED) is 0.647. The average molecular weight is 183 g/mol. The van der Waals surface area contributed by atoms with Gasteiger partial charge in [-0.1, -0.05) is 12.2 Å². The van der Waals surface area contributed by atoms with Crippen LogP contribution < -0.4 is 0 Å². The third-order valence-electron chi connectivity index (χ3n) is 2.96. The molecule has 0 saturated heterocycles. The van der Waals surface area contributed by atoms with Crippen molar-refractivity contribution in [2.24, 2.45) is 0 Å². The Morgan fingerprint density at radius 2 is 2.00 bits per heavy atom. The average Bonchev–Trinajstić information content (AvgIpc) is 2.50. The topological polar surface area (TPSA) is 40.5 Å². The highest BCUT2D eigenvalue weighted by Crippen LogP contribution is 2.29. The van der Waals surface area contributed by atoms with Crippen molar-refractivity contribution >= 4 is 5.91 Å². The molecule has 0 unspecified atom stereocenters. The summed E-state index contributed by atoms with van der Waals surface area (Å²) in [5.41, 5.74) is -0.750. The first-order chi connectivity index (χ1) is 5.97. The Bertz CT molecular complexity index is 227. The van der Waals surface area contributed by atoms with E-state index in [0.717, 1.165) is 0 Å². The normalized spacial score (nSPS) is 21.5. The summed E-state index contributed by atoms with van der Waals surface area (Å²) in [5.74, 6) is -0.00664. The summed E-state index contributed by atoms with van der Waals surface area (Å²) >= 11 is 0. The number of likely N-dealkylation sites (N-methyl/N-ethyl adjacent to an activating group) is 1. The van der Waals surface area contributed by atoms with E-state index in [9.17, 15) is 9.90 Å². The predicted molar refractivity (Wildman–Crippen MR) is 51.2 cm³/mol. The summed E-state index contributed by atoms with van der Waals surface area (Å²) in [5, 5.41) is 10.1. The fraction of sp³-hybridized carbons (Fsp3) is 0.700. The van der Waals surface area contributed by atoms with Gasteiger partial charge in [0.25, 0.3) is 0 Å². The van der Waals surface area contributed by atoms with Crippen molar-refractivity contribution in [1.82, 2.24) is 4.90 Å². The maximum absolute atomic E-state index is 11.1. The molecular formula is C10H17NO2. The Morgan fingerprint density at radius 1 is 1.54 bits per heavy atom. The molecule has 1 rings (SSSR count). The lowest BCUT2D eigenvalue weighted by molar-refractivity contribution is -0.135. The Balaban J connectivity index is 2.66. The summed E-state index contributed by atoms with van der Waals surface area (Å²) in [4.78, 5) is 12.7. The van der Waals surface area contributed by atoms with Crippen LogP contribution in [0.15, 0.2) is 12.2 Å². The van der Waals surface area contributed by atoms with E-state index in [1.54, 1.807) is 11.9 Å². The molecule has 0 spiro atoms. The van der Waals surface area contributed by atoms with Crippen LogP contribution in [0, 0.1) is 0 Å². The molecule has 0 aliphatic heterocycles. The second-order valence-corrected chi connectivity index (χ2v) is 3.79. The number of rotatable bonds is 2. The fourth-order valence-corrected chi connectivity index (χ4v) is 1.63. The van der Waals surface area contributed by atoms with Crippen molar-refractivity contribution in [2.75, 3.05) is 7.05 Å². The molecule has 1 aliphatic rings. The van der Waals surface area contributed by atoms with Gasteiger partial charge in [-0.2, -0.15) is 0 Å². The molecule has 0 aromatic heterocycles. The van der Waals surface area contributed by atoms with Crippen LogP contribution in [0.3, 0.4) is 0 Å². The van der Waals surface area contributed by atoms with E-state index < -0.39 is 5.60 Å². The maximum Gasteiger partial charge on any atom is 0.219 e. The predicted octanol–water partition coefficient (Wildman–Crippen LogP) is 0.934. The number of carbonyl (C=O) groups is 1. The van der Waals surface area contributed by atoms with Crippen molar-refractivity contribution in [2.45, 2.75) is 38.3 Å². The molecule has 0 aromatic rings. The molecule has 1 N–H and O–H groups in total. The number of nitrogens with zero attached hydrogens (tertiary/aromatic N) is 1. The lowest BCUT2D eigenvalue weighted by Crippen LogP contribution is -2.49. The molecule has 0 heterocycles. The van der Waals surface area contributed by atoms with Crippen molar-refractivity contribution in [3.05, 3.63) is 12.2 Å². The zero-order valence-electron chi connectivity index (χ0n) is 8.45. The highest BCUT2D eigenvalue weighted by molar-refractivity contribution is 5.73. The molecule has 1 amide bonds. The van der Waals surface area contributed by atoms with Crippen LogP contribution in [-0.4, -0.2) is 34.6 Å². The Morgan fingerprint density at radius 3 is 2.38 bits per heavy atom. The number of aliphatic hydroxyl groups is 1. The minimum Gasteiger partial charge on any atom is -0.387 e. The van der Waals surface area contributed by atoms with Crippen LogP contribution >= 0.6 is 0 Å². The van der Waals surface area contributed by atoms with Gasteiger partial charge in [-0.25, -0.2) is 0 Å². The van der Waals surface area contributed by atoms with Gasteiger partial charge in [0.05, 0.1) is 11.6 Å². The van der Waals surface area contributed by atoms with Gasteiger partial charge in [-0.3, -0.25) is 4.79 Å². The summed E-state index contributed by atoms with van der Waals surface area (Å²) in [6.07, 6.45) is 5.21. The van der Waals surface area contributed by atoms with E-state index in [4.69, 9.17) is 0 Å². The van der Waals surface area contributed by atoms with Crippen LogP contribution in [0.4, 0.5) is 0 Å². The lowest BCUT2D eigenvalue weighted by Gasteiger charge is -2.36. The van der Waals surface area contributed by atoms with Crippen molar-refractivity contribution in [3.8, 4) is 0 Å². The van der Waals surface area contributed by atoms with E-state index >= 15 is 0 Å². The summed E-state index contributed by atoms with van der Waals surface area (Å²) in [6.45, 7) is 3.40. The van der Waals surface area contributed by atoms with Gasteiger partial charge in [0.1, 0.15) is 0 Å². The van der Waals surface area contributed by atoms with E-state index in [0.29, 0.717) is 12.8 Å². The van der Waals surface area contributed by atoms with Gasteiger partial charge in [0.15, 0.2) is 0 Å². The second-order valence-electron chi connectivity index (χ2n) is 3.79. The van der Waals surface area contributed by atoms with Crippen LogP contribution in [-0.2, 0) is 4.79 Å². The Kier molecular flexibility index (Phi) is 2.76. The standard InChI is InChI=1S/C10H17NO2/c1-8(11(3)9(2)12)10(13)6-4-5-7-10/h4-5,8,13H,6-7H2,1-3H3/t8-/m0/s1. The number of hydrogen-bond acceptors (Lipinski definition) is 2. The maximum atomic E-state index is 11.1. The van der Waals surface area contributed by atoms with Gasteiger partial charge < -0.3 is 10.0 Å². The van der Waals surface area contributed by atoms with Crippen molar-refractivity contribution in [3.63, 3.8) is 0 Å². The van der Waals surface area contributed by atoms with E-state index in [1.165, 1.54) is 6.92 Å². The number of amides is 1. The van der Waals surface area contributed by atoms with E-state index in [-0.39, 0.29) is 11.9 Å². The lowest BCUT2D eigenvalue weighted by atomic mass is 9.92. The summed E-state index contributed by atoms with van der Waals surface area (Å²) in [6, 6.07) is -0.125. The first kappa shape index (κ1) is 10.3. The van der Waals surface area contributed by atoms with Crippen LogP contribution in [0.25, 0.3) is 0 Å². The van der Waals surface area contributed by atoms with Crippen molar-refractivity contribution in [1.29, 1.82) is 0 Å². The summed E-state index contributed by atoms with van der Waals surface area (Å²) < 4.78 is 0. The molecular weight excluding hydrogens is 166 g/mol. The minimum atomic E-state index is -0.750. The van der Waals surface area contributed by atoms with Crippen LogP contribution in [0.5, 0.6) is 0 Å². The molecule has 0 fully saturated rings. The highest BCUT2D eigenvalue weighted by Gasteiger charge is 2.37. The molecule has 0 radical (unpaired) electrons. The molecule has 0 bridgehead atoms. The van der Waals surface area contributed by atoms with Gasteiger partial charge in [-0.05, 0) is 19.8 Å². The largest absolute Gasteiger partial charge is 0.387 e. The van der Waals surface area contributed by atoms with Crippen LogP contribution in [0.2, 0.25) is 0 Å². The van der Waals surface area contributed by atoms with Crippen molar-refractivity contribution < 1.29 is 9.90 Å². The monoisotopic (exact) mass is 183 g/mol. The number of carbonyl (C=O) groups excluding carboxylic acids is 1. The Labute approximate surface area is 79.0 Å². The molecule has 0 saturated carbocycles.